The third-order valence-electron chi connectivity index (χ3n) is 4.00. The van der Waals surface area contributed by atoms with E-state index in [1.54, 1.807) is 6.08 Å². The quantitative estimate of drug-likeness (QED) is 0.588. The molecule has 0 bridgehead atoms. The first-order chi connectivity index (χ1) is 12.5. The van der Waals surface area contributed by atoms with E-state index >= 15 is 0 Å². The van der Waals surface area contributed by atoms with Gasteiger partial charge in [-0.3, -0.25) is 10.1 Å². The van der Waals surface area contributed by atoms with Gasteiger partial charge in [-0.25, -0.2) is 0 Å². The van der Waals surface area contributed by atoms with Crippen LogP contribution >= 0.6 is 12.2 Å². The van der Waals surface area contributed by atoms with Crippen molar-refractivity contribution < 1.29 is 4.79 Å². The lowest BCUT2D eigenvalue weighted by molar-refractivity contribution is -0.115. The Morgan fingerprint density at radius 2 is 1.65 bits per heavy atom. The van der Waals surface area contributed by atoms with E-state index in [2.05, 4.69) is 29.4 Å². The highest BCUT2D eigenvalue weighted by Gasteiger charge is 2.04. The highest BCUT2D eigenvalue weighted by molar-refractivity contribution is 7.80. The van der Waals surface area contributed by atoms with Crippen LogP contribution in [-0.4, -0.2) is 24.1 Å². The molecule has 26 heavy (non-hydrogen) atoms. The fourth-order valence-corrected chi connectivity index (χ4v) is 2.73. The molecule has 0 aliphatic rings. The standard InChI is InChI=1S/C21H25N3OS/c1-4-24(5-2)19-13-11-18(12-14-19)22-21(26)23-20(25)15-10-17-8-6-16(3)7-9-17/h6-15H,4-5H2,1-3H3,(H2,22,23,25,26)/b15-10+. The zero-order valence-corrected chi connectivity index (χ0v) is 16.3. The molecule has 0 aromatic heterocycles. The van der Waals surface area contributed by atoms with Gasteiger partial charge in [0.15, 0.2) is 5.11 Å². The van der Waals surface area contributed by atoms with Crippen LogP contribution in [0.2, 0.25) is 0 Å². The monoisotopic (exact) mass is 367 g/mol. The average Bonchev–Trinajstić information content (AvgIpc) is 2.63. The molecule has 0 spiro atoms. The number of hydrogen-bond acceptors (Lipinski definition) is 3. The molecule has 4 nitrogen and oxygen atoms in total. The summed E-state index contributed by atoms with van der Waals surface area (Å²) in [5.74, 6) is -0.261. The Morgan fingerprint density at radius 1 is 1.04 bits per heavy atom. The Labute approximate surface area is 160 Å². The molecule has 0 aliphatic heterocycles. The van der Waals surface area contributed by atoms with E-state index in [0.29, 0.717) is 0 Å². The second-order valence-corrected chi connectivity index (χ2v) is 6.31. The van der Waals surface area contributed by atoms with Gasteiger partial charge in [0, 0.05) is 30.5 Å². The van der Waals surface area contributed by atoms with Crippen LogP contribution in [0.5, 0.6) is 0 Å². The normalized spacial score (nSPS) is 10.6. The molecule has 0 unspecified atom stereocenters. The Balaban J connectivity index is 1.87. The van der Waals surface area contributed by atoms with Crippen molar-refractivity contribution in [2.75, 3.05) is 23.3 Å². The lowest BCUT2D eigenvalue weighted by Crippen LogP contribution is -2.32. The second kappa shape index (κ2) is 9.73. The zero-order chi connectivity index (χ0) is 18.9. The van der Waals surface area contributed by atoms with E-state index in [1.807, 2.05) is 55.5 Å². The molecule has 2 N–H and O–H groups in total. The minimum absolute atomic E-state index is 0.261. The third kappa shape index (κ3) is 6.01. The van der Waals surface area contributed by atoms with Gasteiger partial charge in [0.2, 0.25) is 5.91 Å². The Hall–Kier alpha value is -2.66. The van der Waals surface area contributed by atoms with E-state index < -0.39 is 0 Å². The van der Waals surface area contributed by atoms with Crippen LogP contribution in [-0.2, 0) is 4.79 Å². The number of rotatable bonds is 6. The summed E-state index contributed by atoms with van der Waals surface area (Å²) in [7, 11) is 0. The average molecular weight is 368 g/mol. The second-order valence-electron chi connectivity index (χ2n) is 5.91. The van der Waals surface area contributed by atoms with Gasteiger partial charge in [0.25, 0.3) is 0 Å². The van der Waals surface area contributed by atoms with Gasteiger partial charge in [-0.15, -0.1) is 0 Å². The molecule has 2 rings (SSSR count). The first-order valence-corrected chi connectivity index (χ1v) is 9.14. The molecule has 0 aliphatic carbocycles. The predicted octanol–water partition coefficient (Wildman–Crippen LogP) is 4.37. The maximum absolute atomic E-state index is 12.0. The summed E-state index contributed by atoms with van der Waals surface area (Å²) in [5, 5.41) is 5.96. The minimum Gasteiger partial charge on any atom is -0.372 e. The van der Waals surface area contributed by atoms with Crippen LogP contribution in [0, 0.1) is 6.92 Å². The van der Waals surface area contributed by atoms with Crippen molar-refractivity contribution in [3.63, 3.8) is 0 Å². The fraction of sp³-hybridized carbons (Fsp3) is 0.238. The number of anilines is 2. The zero-order valence-electron chi connectivity index (χ0n) is 15.5. The number of carbonyl (C=O) groups is 1. The molecule has 0 fully saturated rings. The van der Waals surface area contributed by atoms with Gasteiger partial charge in [0.05, 0.1) is 0 Å². The summed E-state index contributed by atoms with van der Waals surface area (Å²) in [6, 6.07) is 15.9. The predicted molar refractivity (Wildman–Crippen MR) is 115 cm³/mol. The lowest BCUT2D eigenvalue weighted by Gasteiger charge is -2.21. The van der Waals surface area contributed by atoms with E-state index in [1.165, 1.54) is 11.6 Å². The van der Waals surface area contributed by atoms with Crippen LogP contribution in [0.15, 0.2) is 54.6 Å². The molecular formula is C21H25N3OS. The first-order valence-electron chi connectivity index (χ1n) is 8.73. The molecule has 0 atom stereocenters. The molecule has 0 radical (unpaired) electrons. The van der Waals surface area contributed by atoms with Gasteiger partial charge in [-0.2, -0.15) is 0 Å². The van der Waals surface area contributed by atoms with Crippen LogP contribution in [0.4, 0.5) is 11.4 Å². The summed E-state index contributed by atoms with van der Waals surface area (Å²) in [5.41, 5.74) is 4.16. The number of amides is 1. The summed E-state index contributed by atoms with van der Waals surface area (Å²) in [4.78, 5) is 14.2. The lowest BCUT2D eigenvalue weighted by atomic mass is 10.1. The number of thiocarbonyl (C=S) groups is 1. The van der Waals surface area contributed by atoms with Crippen molar-refractivity contribution in [3.05, 3.63) is 65.7 Å². The fourth-order valence-electron chi connectivity index (χ4n) is 2.51. The van der Waals surface area contributed by atoms with Gasteiger partial charge in [-0.05, 0) is 68.9 Å². The largest absolute Gasteiger partial charge is 0.372 e. The van der Waals surface area contributed by atoms with Crippen molar-refractivity contribution in [1.29, 1.82) is 0 Å². The maximum atomic E-state index is 12.0. The number of carbonyl (C=O) groups excluding carboxylic acids is 1. The highest BCUT2D eigenvalue weighted by atomic mass is 32.1. The molecule has 136 valence electrons. The topological polar surface area (TPSA) is 44.4 Å². The summed E-state index contributed by atoms with van der Waals surface area (Å²) in [6.07, 6.45) is 3.23. The maximum Gasteiger partial charge on any atom is 0.250 e. The molecular weight excluding hydrogens is 342 g/mol. The van der Waals surface area contributed by atoms with Crippen molar-refractivity contribution in [1.82, 2.24) is 5.32 Å². The van der Waals surface area contributed by atoms with Crippen molar-refractivity contribution in [2.24, 2.45) is 0 Å². The smallest absolute Gasteiger partial charge is 0.250 e. The molecule has 0 saturated heterocycles. The molecule has 2 aromatic carbocycles. The summed E-state index contributed by atoms with van der Waals surface area (Å²) < 4.78 is 0. The molecule has 0 saturated carbocycles. The van der Waals surface area contributed by atoms with Crippen LogP contribution in [0.3, 0.4) is 0 Å². The van der Waals surface area contributed by atoms with E-state index in [0.717, 1.165) is 30.0 Å². The summed E-state index contributed by atoms with van der Waals surface area (Å²) >= 11 is 5.20. The number of aryl methyl sites for hydroxylation is 1. The number of nitrogens with one attached hydrogen (secondary N) is 2. The van der Waals surface area contributed by atoms with Gasteiger partial charge in [0.1, 0.15) is 0 Å². The van der Waals surface area contributed by atoms with Crippen molar-refractivity contribution in [3.8, 4) is 0 Å². The highest BCUT2D eigenvalue weighted by Crippen LogP contribution is 2.17. The molecule has 2 aromatic rings. The van der Waals surface area contributed by atoms with E-state index in [-0.39, 0.29) is 11.0 Å². The van der Waals surface area contributed by atoms with Gasteiger partial charge < -0.3 is 10.2 Å². The summed E-state index contributed by atoms with van der Waals surface area (Å²) in [6.45, 7) is 8.21. The van der Waals surface area contributed by atoms with E-state index in [4.69, 9.17) is 12.2 Å². The number of hydrogen-bond donors (Lipinski definition) is 2. The molecule has 0 heterocycles. The Bertz CT molecular complexity index is 763. The first kappa shape index (κ1) is 19.7. The molecule has 1 amide bonds. The van der Waals surface area contributed by atoms with Gasteiger partial charge >= 0.3 is 0 Å². The SMILES string of the molecule is CCN(CC)c1ccc(NC(=S)NC(=O)/C=C/c2ccc(C)cc2)cc1. The number of nitrogens with zero attached hydrogens (tertiary/aromatic N) is 1. The van der Waals surface area contributed by atoms with Gasteiger partial charge in [-0.1, -0.05) is 29.8 Å². The molecule has 5 heteroatoms. The third-order valence-corrected chi connectivity index (χ3v) is 4.20. The van der Waals surface area contributed by atoms with Crippen LogP contribution in [0.1, 0.15) is 25.0 Å². The van der Waals surface area contributed by atoms with Crippen LogP contribution in [0.25, 0.3) is 6.08 Å². The Kier molecular flexibility index (Phi) is 7.36. The Morgan fingerprint density at radius 3 is 2.23 bits per heavy atom. The number of benzene rings is 2. The van der Waals surface area contributed by atoms with Crippen LogP contribution < -0.4 is 15.5 Å². The van der Waals surface area contributed by atoms with E-state index in [9.17, 15) is 4.79 Å². The van der Waals surface area contributed by atoms with Crippen molar-refractivity contribution in [2.45, 2.75) is 20.8 Å². The van der Waals surface area contributed by atoms with Crippen molar-refractivity contribution >= 4 is 40.7 Å². The minimum atomic E-state index is -0.261.